The van der Waals surface area contributed by atoms with E-state index in [0.29, 0.717) is 6.42 Å². The summed E-state index contributed by atoms with van der Waals surface area (Å²) in [4.78, 5) is 12.1. The highest BCUT2D eigenvalue weighted by Gasteiger charge is 2.10. The number of hydrogen-bond acceptors (Lipinski definition) is 2. The Bertz CT molecular complexity index is 560. The van der Waals surface area contributed by atoms with Crippen molar-refractivity contribution in [3.05, 3.63) is 51.8 Å². The van der Waals surface area contributed by atoms with E-state index in [9.17, 15) is 4.79 Å². The topological polar surface area (TPSA) is 34.9 Å². The molecule has 0 saturated heterocycles. The number of ketones is 1. The Morgan fingerprint density at radius 2 is 2.18 bits per heavy atom. The summed E-state index contributed by atoms with van der Waals surface area (Å²) in [6.07, 6.45) is 0.383. The SMILES string of the molecule is Cc1cc(CC(=O)c2cccc(Br)c2)n(C)n1. The average Bonchev–Trinajstić information content (AvgIpc) is 2.57. The summed E-state index contributed by atoms with van der Waals surface area (Å²) in [5.74, 6) is 0.106. The van der Waals surface area contributed by atoms with Gasteiger partial charge in [0.15, 0.2) is 5.78 Å². The number of carbonyl (C=O) groups is 1. The van der Waals surface area contributed by atoms with E-state index in [4.69, 9.17) is 0 Å². The fraction of sp³-hybridized carbons (Fsp3) is 0.231. The Morgan fingerprint density at radius 1 is 1.41 bits per heavy atom. The van der Waals surface area contributed by atoms with E-state index in [1.165, 1.54) is 0 Å². The van der Waals surface area contributed by atoms with Crippen LogP contribution < -0.4 is 0 Å². The molecule has 1 aromatic carbocycles. The van der Waals surface area contributed by atoms with Gasteiger partial charge < -0.3 is 0 Å². The van der Waals surface area contributed by atoms with Crippen LogP contribution in [-0.2, 0) is 13.5 Å². The lowest BCUT2D eigenvalue weighted by Crippen LogP contribution is -2.07. The molecular weight excluding hydrogens is 280 g/mol. The second-order valence-electron chi connectivity index (χ2n) is 4.01. The summed E-state index contributed by atoms with van der Waals surface area (Å²) in [5.41, 5.74) is 2.59. The van der Waals surface area contributed by atoms with Gasteiger partial charge in [0.2, 0.25) is 0 Å². The molecule has 0 spiro atoms. The predicted molar refractivity (Wildman–Crippen MR) is 70.1 cm³/mol. The van der Waals surface area contributed by atoms with Crippen molar-refractivity contribution in [2.45, 2.75) is 13.3 Å². The van der Waals surface area contributed by atoms with Crippen molar-refractivity contribution in [2.24, 2.45) is 7.05 Å². The van der Waals surface area contributed by atoms with Crippen LogP contribution in [0, 0.1) is 6.92 Å². The van der Waals surface area contributed by atoms with Crippen molar-refractivity contribution in [1.29, 1.82) is 0 Å². The summed E-state index contributed by atoms with van der Waals surface area (Å²) in [7, 11) is 1.86. The summed E-state index contributed by atoms with van der Waals surface area (Å²) in [6.45, 7) is 1.92. The second-order valence-corrected chi connectivity index (χ2v) is 4.93. The molecule has 4 heteroatoms. The predicted octanol–water partition coefficient (Wildman–Crippen LogP) is 2.92. The Hall–Kier alpha value is -1.42. The molecule has 0 radical (unpaired) electrons. The van der Waals surface area contributed by atoms with Crippen LogP contribution in [0.4, 0.5) is 0 Å². The number of carbonyl (C=O) groups excluding carboxylic acids is 1. The van der Waals surface area contributed by atoms with E-state index in [2.05, 4.69) is 21.0 Å². The van der Waals surface area contributed by atoms with Gasteiger partial charge in [-0.1, -0.05) is 28.1 Å². The van der Waals surface area contributed by atoms with E-state index in [1.807, 2.05) is 44.3 Å². The van der Waals surface area contributed by atoms with Gasteiger partial charge in [0.25, 0.3) is 0 Å². The molecule has 0 amide bonds. The Kier molecular flexibility index (Phi) is 3.43. The van der Waals surface area contributed by atoms with Gasteiger partial charge in [-0.2, -0.15) is 5.10 Å². The normalized spacial score (nSPS) is 10.5. The van der Waals surface area contributed by atoms with E-state index in [1.54, 1.807) is 4.68 Å². The van der Waals surface area contributed by atoms with E-state index < -0.39 is 0 Å². The van der Waals surface area contributed by atoms with Crippen LogP contribution in [0.2, 0.25) is 0 Å². The molecule has 0 atom stereocenters. The Morgan fingerprint density at radius 3 is 2.76 bits per heavy atom. The number of hydrogen-bond donors (Lipinski definition) is 0. The lowest BCUT2D eigenvalue weighted by Gasteiger charge is -2.02. The maximum atomic E-state index is 12.1. The van der Waals surface area contributed by atoms with Crippen LogP contribution in [0.1, 0.15) is 21.7 Å². The van der Waals surface area contributed by atoms with Crippen molar-refractivity contribution in [1.82, 2.24) is 9.78 Å². The molecule has 0 fully saturated rings. The van der Waals surface area contributed by atoms with Gasteiger partial charge in [0.1, 0.15) is 0 Å². The lowest BCUT2D eigenvalue weighted by atomic mass is 10.1. The maximum Gasteiger partial charge on any atom is 0.168 e. The van der Waals surface area contributed by atoms with Gasteiger partial charge in [0.05, 0.1) is 12.1 Å². The number of aryl methyl sites for hydroxylation is 2. The van der Waals surface area contributed by atoms with Gasteiger partial charge in [-0.25, -0.2) is 0 Å². The largest absolute Gasteiger partial charge is 0.294 e. The highest BCUT2D eigenvalue weighted by molar-refractivity contribution is 9.10. The summed E-state index contributed by atoms with van der Waals surface area (Å²) in [6, 6.07) is 9.38. The standard InChI is InChI=1S/C13H13BrN2O/c1-9-6-12(16(2)15-9)8-13(17)10-4-3-5-11(14)7-10/h3-7H,8H2,1-2H3. The molecule has 2 rings (SSSR count). The fourth-order valence-electron chi connectivity index (χ4n) is 1.76. The first-order valence-corrected chi connectivity index (χ1v) is 6.14. The van der Waals surface area contributed by atoms with Crippen LogP contribution >= 0.6 is 15.9 Å². The lowest BCUT2D eigenvalue weighted by molar-refractivity contribution is 0.0990. The highest BCUT2D eigenvalue weighted by atomic mass is 79.9. The smallest absolute Gasteiger partial charge is 0.168 e. The third kappa shape index (κ3) is 2.82. The molecule has 2 aromatic rings. The Labute approximate surface area is 109 Å². The molecular formula is C13H13BrN2O. The minimum atomic E-state index is 0.106. The van der Waals surface area contributed by atoms with Crippen molar-refractivity contribution >= 4 is 21.7 Å². The number of nitrogens with zero attached hydrogens (tertiary/aromatic N) is 2. The first-order valence-electron chi connectivity index (χ1n) is 5.34. The van der Waals surface area contributed by atoms with Gasteiger partial charge in [-0.3, -0.25) is 9.48 Å². The van der Waals surface area contributed by atoms with Crippen LogP contribution in [0.25, 0.3) is 0 Å². The third-order valence-corrected chi connectivity index (χ3v) is 3.08. The molecule has 0 aliphatic heterocycles. The quantitative estimate of drug-likeness (QED) is 0.816. The highest BCUT2D eigenvalue weighted by Crippen LogP contribution is 2.14. The molecule has 1 heterocycles. The first-order chi connectivity index (χ1) is 8.06. The number of rotatable bonds is 3. The summed E-state index contributed by atoms with van der Waals surface area (Å²) in [5, 5.41) is 4.23. The number of Topliss-reactive ketones (excluding diaryl/α,β-unsaturated/α-hetero) is 1. The van der Waals surface area contributed by atoms with Crippen molar-refractivity contribution in [2.75, 3.05) is 0 Å². The molecule has 17 heavy (non-hydrogen) atoms. The Balaban J connectivity index is 2.20. The summed E-state index contributed by atoms with van der Waals surface area (Å²) < 4.78 is 2.68. The van der Waals surface area contributed by atoms with Crippen LogP contribution in [0.15, 0.2) is 34.8 Å². The number of benzene rings is 1. The fourth-order valence-corrected chi connectivity index (χ4v) is 2.16. The van der Waals surface area contributed by atoms with Crippen LogP contribution in [-0.4, -0.2) is 15.6 Å². The average molecular weight is 293 g/mol. The number of halogens is 1. The number of aromatic nitrogens is 2. The van der Waals surface area contributed by atoms with E-state index in [-0.39, 0.29) is 5.78 Å². The zero-order valence-corrected chi connectivity index (χ0v) is 11.4. The van der Waals surface area contributed by atoms with E-state index >= 15 is 0 Å². The zero-order valence-electron chi connectivity index (χ0n) is 9.77. The minimum absolute atomic E-state index is 0.106. The van der Waals surface area contributed by atoms with Crippen molar-refractivity contribution in [3.63, 3.8) is 0 Å². The van der Waals surface area contributed by atoms with Crippen molar-refractivity contribution in [3.8, 4) is 0 Å². The minimum Gasteiger partial charge on any atom is -0.294 e. The molecule has 0 N–H and O–H groups in total. The van der Waals surface area contributed by atoms with Gasteiger partial charge in [-0.05, 0) is 25.1 Å². The van der Waals surface area contributed by atoms with E-state index in [0.717, 1.165) is 21.4 Å². The second kappa shape index (κ2) is 4.84. The molecule has 88 valence electrons. The molecule has 0 aliphatic carbocycles. The molecule has 1 aromatic heterocycles. The molecule has 0 bridgehead atoms. The van der Waals surface area contributed by atoms with Gasteiger partial charge >= 0.3 is 0 Å². The van der Waals surface area contributed by atoms with Gasteiger partial charge in [0, 0.05) is 22.8 Å². The molecule has 3 nitrogen and oxygen atoms in total. The van der Waals surface area contributed by atoms with Gasteiger partial charge in [-0.15, -0.1) is 0 Å². The maximum absolute atomic E-state index is 12.1. The van der Waals surface area contributed by atoms with Crippen molar-refractivity contribution < 1.29 is 4.79 Å². The third-order valence-electron chi connectivity index (χ3n) is 2.59. The summed E-state index contributed by atoms with van der Waals surface area (Å²) >= 11 is 3.36. The first kappa shape index (κ1) is 12.0. The molecule has 0 aliphatic rings. The molecule has 0 unspecified atom stereocenters. The van der Waals surface area contributed by atoms with Crippen LogP contribution in [0.5, 0.6) is 0 Å². The van der Waals surface area contributed by atoms with Crippen LogP contribution in [0.3, 0.4) is 0 Å². The molecule has 0 saturated carbocycles. The monoisotopic (exact) mass is 292 g/mol. The zero-order chi connectivity index (χ0) is 12.4.